The monoisotopic (exact) mass is 286 g/mol. The smallest absolute Gasteiger partial charge is 0.572 e. The molecule has 104 valence electrons. The maximum Gasteiger partial charge on any atom is 0.572 e. The molecule has 0 fully saturated rings. The zero-order chi connectivity index (χ0) is 14.7. The van der Waals surface area contributed by atoms with Crippen LogP contribution < -0.4 is 5.73 Å². The van der Waals surface area contributed by atoms with Gasteiger partial charge in [-0.05, 0) is 15.2 Å². The lowest BCUT2D eigenvalue weighted by Crippen LogP contribution is -2.01. The third kappa shape index (κ3) is 2.42. The quantitative estimate of drug-likeness (QED) is 0.333. The van der Waals surface area contributed by atoms with Gasteiger partial charge in [-0.3, -0.25) is 0 Å². The lowest BCUT2D eigenvalue weighted by molar-refractivity contribution is -0.645. The third-order valence-corrected chi connectivity index (χ3v) is 1.65. The SMILES string of the molecule is Nc1nonc1N=[N+]([O-])c1nonc1[N+]([O-])=N[N+](=O)[O-]. The van der Waals surface area contributed by atoms with Crippen LogP contribution in [0.5, 0.6) is 0 Å². The average molecular weight is 286 g/mol. The van der Waals surface area contributed by atoms with E-state index in [1.807, 2.05) is 0 Å². The Morgan fingerprint density at radius 2 is 1.60 bits per heavy atom. The van der Waals surface area contributed by atoms with E-state index in [0.29, 0.717) is 0 Å². The van der Waals surface area contributed by atoms with E-state index < -0.39 is 27.3 Å². The Morgan fingerprint density at radius 1 is 1.00 bits per heavy atom. The van der Waals surface area contributed by atoms with Crippen molar-refractivity contribution in [3.8, 4) is 0 Å². The van der Waals surface area contributed by atoms with E-state index in [-0.39, 0.29) is 10.7 Å². The van der Waals surface area contributed by atoms with Gasteiger partial charge in [-0.1, -0.05) is 5.11 Å². The molecule has 0 spiro atoms. The second-order valence-electron chi connectivity index (χ2n) is 2.86. The van der Waals surface area contributed by atoms with E-state index in [4.69, 9.17) is 5.73 Å². The van der Waals surface area contributed by atoms with Gasteiger partial charge in [0.05, 0.1) is 0 Å². The van der Waals surface area contributed by atoms with Crippen LogP contribution in [0.2, 0.25) is 0 Å². The highest BCUT2D eigenvalue weighted by atomic mass is 16.7. The highest BCUT2D eigenvalue weighted by Gasteiger charge is 2.37. The van der Waals surface area contributed by atoms with Crippen molar-refractivity contribution < 1.29 is 24.0 Å². The number of anilines is 1. The molecule has 0 unspecified atom stereocenters. The first-order valence-corrected chi connectivity index (χ1v) is 4.41. The van der Waals surface area contributed by atoms with Crippen LogP contribution in [0.25, 0.3) is 0 Å². The molecule has 2 heterocycles. The Balaban J connectivity index is 2.40. The van der Waals surface area contributed by atoms with Gasteiger partial charge >= 0.3 is 11.6 Å². The lowest BCUT2D eigenvalue weighted by atomic mass is 10.6. The molecule has 0 aliphatic heterocycles. The molecule has 2 aromatic rings. The maximum atomic E-state index is 11.6. The van der Waals surface area contributed by atoms with Crippen LogP contribution in [0.1, 0.15) is 0 Å². The van der Waals surface area contributed by atoms with Gasteiger partial charge in [-0.25, -0.2) is 4.63 Å². The molecular formula is C4H2N10O6. The molecule has 0 atom stereocenters. The molecule has 2 aromatic heterocycles. The summed E-state index contributed by atoms with van der Waals surface area (Å²) >= 11 is 0. The molecule has 0 saturated carbocycles. The van der Waals surface area contributed by atoms with Gasteiger partial charge in [0.25, 0.3) is 11.0 Å². The van der Waals surface area contributed by atoms with Gasteiger partial charge in [0.15, 0.2) is 0 Å². The number of nitrogen functional groups attached to an aromatic ring is 1. The number of aromatic nitrogens is 4. The minimum atomic E-state index is -1.31. The van der Waals surface area contributed by atoms with Crippen LogP contribution in [-0.2, 0) is 0 Å². The zero-order valence-electron chi connectivity index (χ0n) is 9.05. The van der Waals surface area contributed by atoms with Crippen molar-refractivity contribution in [2.75, 3.05) is 5.73 Å². The molecule has 0 amide bonds. The van der Waals surface area contributed by atoms with Gasteiger partial charge in [0, 0.05) is 4.63 Å². The third-order valence-electron chi connectivity index (χ3n) is 1.65. The summed E-state index contributed by atoms with van der Waals surface area (Å²) in [6, 6.07) is 0. The number of hydrogen-bond donors (Lipinski definition) is 1. The molecule has 0 bridgehead atoms. The predicted molar refractivity (Wildman–Crippen MR) is 51.1 cm³/mol. The fourth-order valence-electron chi connectivity index (χ4n) is 0.923. The number of azo groups is 1. The van der Waals surface area contributed by atoms with Crippen LogP contribution in [0.3, 0.4) is 0 Å². The fourth-order valence-corrected chi connectivity index (χ4v) is 0.923. The summed E-state index contributed by atoms with van der Waals surface area (Å²) in [5.74, 6) is -2.42. The molecule has 0 aromatic carbocycles. The molecule has 20 heavy (non-hydrogen) atoms. The van der Waals surface area contributed by atoms with Crippen molar-refractivity contribution in [1.82, 2.24) is 20.6 Å². The van der Waals surface area contributed by atoms with Crippen LogP contribution >= 0.6 is 0 Å². The van der Waals surface area contributed by atoms with E-state index >= 15 is 0 Å². The number of nitrogens with zero attached hydrogens (tertiary/aromatic N) is 9. The summed E-state index contributed by atoms with van der Waals surface area (Å²) in [4.78, 5) is 9.18. The summed E-state index contributed by atoms with van der Waals surface area (Å²) in [5, 5.41) is 49.4. The molecule has 2 N–H and O–H groups in total. The van der Waals surface area contributed by atoms with E-state index in [9.17, 15) is 20.5 Å². The minimum absolute atomic E-state index is 0.276. The van der Waals surface area contributed by atoms with Gasteiger partial charge < -0.3 is 26.3 Å². The largest absolute Gasteiger partial charge is 0.690 e. The second-order valence-corrected chi connectivity index (χ2v) is 2.86. The Hall–Kier alpha value is -3.72. The predicted octanol–water partition coefficient (Wildman–Crippen LogP) is -0.254. The van der Waals surface area contributed by atoms with Crippen molar-refractivity contribution >= 4 is 23.3 Å². The van der Waals surface area contributed by atoms with Crippen molar-refractivity contribution in [2.45, 2.75) is 0 Å². The number of nitrogens with two attached hydrogens (primary N) is 1. The Labute approximate surface area is 106 Å². The summed E-state index contributed by atoms with van der Waals surface area (Å²) in [6.45, 7) is 0. The van der Waals surface area contributed by atoms with Crippen LogP contribution in [0.4, 0.5) is 23.3 Å². The number of hydrogen-bond acceptors (Lipinski definition) is 12. The first-order chi connectivity index (χ1) is 9.49. The first-order valence-electron chi connectivity index (χ1n) is 4.41. The van der Waals surface area contributed by atoms with Crippen LogP contribution in [-0.4, -0.2) is 35.4 Å². The zero-order valence-corrected chi connectivity index (χ0v) is 9.05. The summed E-state index contributed by atoms with van der Waals surface area (Å²) < 4.78 is 8.27. The van der Waals surface area contributed by atoms with Gasteiger partial charge in [0.2, 0.25) is 16.2 Å². The highest BCUT2D eigenvalue weighted by Crippen LogP contribution is 2.24. The fraction of sp³-hybridized carbons (Fsp3) is 0. The van der Waals surface area contributed by atoms with Crippen LogP contribution in [0, 0.1) is 20.5 Å². The molecular weight excluding hydrogens is 284 g/mol. The van der Waals surface area contributed by atoms with E-state index in [2.05, 4.69) is 40.2 Å². The summed E-state index contributed by atoms with van der Waals surface area (Å²) in [5.41, 5.74) is 5.24. The van der Waals surface area contributed by atoms with E-state index in [0.717, 1.165) is 0 Å². The lowest BCUT2D eigenvalue weighted by Gasteiger charge is -1.97. The topological polar surface area (TPSA) is 224 Å². The van der Waals surface area contributed by atoms with Crippen molar-refractivity contribution in [2.24, 2.45) is 10.3 Å². The molecule has 0 radical (unpaired) electrons. The summed E-state index contributed by atoms with van der Waals surface area (Å²) in [7, 11) is 0. The normalized spacial score (nSPS) is 12.6. The van der Waals surface area contributed by atoms with Gasteiger partial charge in [-0.2, -0.15) is 0 Å². The first kappa shape index (κ1) is 12.7. The Bertz CT molecular complexity index is 698. The molecule has 2 rings (SSSR count). The minimum Gasteiger partial charge on any atom is -0.690 e. The average Bonchev–Trinajstić information content (AvgIpc) is 2.98. The van der Waals surface area contributed by atoms with Crippen molar-refractivity contribution in [3.05, 3.63) is 20.5 Å². The van der Waals surface area contributed by atoms with E-state index in [1.54, 1.807) is 0 Å². The van der Waals surface area contributed by atoms with Gasteiger partial charge in [0.1, 0.15) is 5.03 Å². The summed E-state index contributed by atoms with van der Waals surface area (Å²) in [6.07, 6.45) is 0. The Morgan fingerprint density at radius 3 is 2.15 bits per heavy atom. The van der Waals surface area contributed by atoms with Crippen LogP contribution in [0.15, 0.2) is 19.6 Å². The molecule has 0 saturated heterocycles. The Kier molecular flexibility index (Phi) is 3.10. The molecule has 0 aliphatic rings. The maximum absolute atomic E-state index is 11.6. The van der Waals surface area contributed by atoms with Gasteiger partial charge in [-0.15, -0.1) is 4.86 Å². The molecule has 16 heteroatoms. The standard InChI is InChI=1S/C4H2N10O6/c5-1-2(8-19-7-1)6-12(15)3-4(10-20-9-3)13(16)11-14(17)18/h(H2,5,7). The molecule has 0 aliphatic carbocycles. The number of rotatable bonds is 4. The highest BCUT2D eigenvalue weighted by molar-refractivity contribution is 5.48. The molecule has 16 nitrogen and oxygen atoms in total. The second kappa shape index (κ2) is 4.88. The van der Waals surface area contributed by atoms with Crippen molar-refractivity contribution in [3.63, 3.8) is 0 Å². The number of nitro groups is 1. The van der Waals surface area contributed by atoms with E-state index in [1.165, 1.54) is 0 Å². The van der Waals surface area contributed by atoms with Crippen molar-refractivity contribution in [1.29, 1.82) is 0 Å².